The number of rotatable bonds is 5. The quantitative estimate of drug-likeness (QED) is 0.497. The Hall–Kier alpha value is -0.740. The number of benzene rings is 1. The van der Waals surface area contributed by atoms with Crippen molar-refractivity contribution in [2.75, 3.05) is 18.1 Å². The lowest BCUT2D eigenvalue weighted by molar-refractivity contribution is 0.104. The first-order valence-corrected chi connectivity index (χ1v) is 7.03. The second kappa shape index (κ2) is 6.26. The molecule has 1 aromatic rings. The van der Waals surface area contributed by atoms with Gasteiger partial charge in [-0.05, 0) is 49.6 Å². The number of thioether (sulfide) groups is 1. The molecule has 0 aromatic heterocycles. The molecular weight excluding hydrogens is 237 g/mol. The minimum atomic E-state index is -0.325. The first kappa shape index (κ1) is 12.7. The lowest BCUT2D eigenvalue weighted by atomic mass is 10.1. The zero-order valence-corrected chi connectivity index (χ0v) is 10.6. The van der Waals surface area contributed by atoms with Crippen LogP contribution in [0.4, 0.5) is 10.1 Å². The first-order valence-electron chi connectivity index (χ1n) is 6.05. The van der Waals surface area contributed by atoms with E-state index in [0.29, 0.717) is 6.10 Å². The van der Waals surface area contributed by atoms with Gasteiger partial charge in [-0.15, -0.1) is 11.8 Å². The molecule has 0 spiro atoms. The van der Waals surface area contributed by atoms with E-state index in [1.807, 2.05) is 6.07 Å². The summed E-state index contributed by atoms with van der Waals surface area (Å²) in [4.78, 5) is 0.948. The molecule has 1 aliphatic rings. The lowest BCUT2D eigenvalue weighted by Crippen LogP contribution is -2.04. The molecule has 2 N–H and O–H groups in total. The fourth-order valence-corrected chi connectivity index (χ4v) is 2.87. The van der Waals surface area contributed by atoms with Crippen LogP contribution >= 0.6 is 11.8 Å². The smallest absolute Gasteiger partial charge is 0.147 e. The van der Waals surface area contributed by atoms with Crippen LogP contribution in [0, 0.1) is 5.82 Å². The van der Waals surface area contributed by atoms with Gasteiger partial charge in [-0.3, -0.25) is 0 Å². The lowest BCUT2D eigenvalue weighted by Gasteiger charge is -2.08. The van der Waals surface area contributed by atoms with Crippen LogP contribution in [0.5, 0.6) is 0 Å². The van der Waals surface area contributed by atoms with Crippen LogP contribution in [-0.2, 0) is 4.74 Å². The van der Waals surface area contributed by atoms with E-state index in [1.54, 1.807) is 17.8 Å². The van der Waals surface area contributed by atoms with Gasteiger partial charge in [0, 0.05) is 11.5 Å². The maximum absolute atomic E-state index is 13.2. The van der Waals surface area contributed by atoms with Gasteiger partial charge in [-0.1, -0.05) is 0 Å². The van der Waals surface area contributed by atoms with Crippen LogP contribution in [0.3, 0.4) is 0 Å². The number of anilines is 1. The van der Waals surface area contributed by atoms with Crippen LogP contribution < -0.4 is 5.73 Å². The third-order valence-corrected chi connectivity index (χ3v) is 4.02. The summed E-state index contributed by atoms with van der Waals surface area (Å²) in [5, 5.41) is 0. The molecule has 0 aliphatic carbocycles. The van der Waals surface area contributed by atoms with E-state index in [9.17, 15) is 4.39 Å². The highest BCUT2D eigenvalue weighted by Crippen LogP contribution is 2.24. The Morgan fingerprint density at radius 2 is 2.35 bits per heavy atom. The zero-order valence-electron chi connectivity index (χ0n) is 9.82. The highest BCUT2D eigenvalue weighted by Gasteiger charge is 2.14. The average Bonchev–Trinajstić information content (AvgIpc) is 2.82. The third-order valence-electron chi connectivity index (χ3n) is 2.94. The van der Waals surface area contributed by atoms with Crippen molar-refractivity contribution < 1.29 is 9.13 Å². The number of nitrogens with two attached hydrogens (primary N) is 1. The minimum Gasteiger partial charge on any atom is -0.396 e. The third kappa shape index (κ3) is 3.89. The van der Waals surface area contributed by atoms with Crippen LogP contribution in [0.25, 0.3) is 0 Å². The zero-order chi connectivity index (χ0) is 12.1. The van der Waals surface area contributed by atoms with E-state index in [1.165, 1.54) is 18.9 Å². The first-order chi connectivity index (χ1) is 8.25. The molecule has 17 heavy (non-hydrogen) atoms. The van der Waals surface area contributed by atoms with Crippen molar-refractivity contribution in [3.8, 4) is 0 Å². The molecule has 1 aliphatic heterocycles. The molecule has 1 atom stereocenters. The molecule has 1 unspecified atom stereocenters. The second-order valence-corrected chi connectivity index (χ2v) is 5.48. The van der Waals surface area contributed by atoms with E-state index in [4.69, 9.17) is 10.5 Å². The normalized spacial score (nSPS) is 19.7. The molecule has 1 aromatic carbocycles. The Morgan fingerprint density at radius 3 is 3.06 bits per heavy atom. The summed E-state index contributed by atoms with van der Waals surface area (Å²) in [6.07, 6.45) is 5.08. The Kier molecular flexibility index (Phi) is 4.68. The average molecular weight is 255 g/mol. The SMILES string of the molecule is Nc1ccc(SCCCC2CCCO2)cc1F. The maximum Gasteiger partial charge on any atom is 0.147 e. The Morgan fingerprint density at radius 1 is 1.47 bits per heavy atom. The van der Waals surface area contributed by atoms with E-state index >= 15 is 0 Å². The summed E-state index contributed by atoms with van der Waals surface area (Å²) in [5.74, 6) is 0.678. The van der Waals surface area contributed by atoms with Crippen LogP contribution in [0.1, 0.15) is 25.7 Å². The number of hydrogen-bond donors (Lipinski definition) is 1. The Balaban J connectivity index is 1.68. The van der Waals surface area contributed by atoms with Crippen molar-refractivity contribution in [2.24, 2.45) is 0 Å². The highest BCUT2D eigenvalue weighted by atomic mass is 32.2. The van der Waals surface area contributed by atoms with Gasteiger partial charge in [0.15, 0.2) is 0 Å². The van der Waals surface area contributed by atoms with Crippen LogP contribution in [0.15, 0.2) is 23.1 Å². The van der Waals surface area contributed by atoms with Crippen molar-refractivity contribution >= 4 is 17.4 Å². The summed E-state index contributed by atoms with van der Waals surface area (Å²) >= 11 is 1.68. The molecule has 1 fully saturated rings. The molecule has 0 radical (unpaired) electrons. The Labute approximate surface area is 106 Å². The van der Waals surface area contributed by atoms with Crippen molar-refractivity contribution in [3.63, 3.8) is 0 Å². The molecule has 2 rings (SSSR count). The summed E-state index contributed by atoms with van der Waals surface area (Å²) in [7, 11) is 0. The highest BCUT2D eigenvalue weighted by molar-refractivity contribution is 7.99. The van der Waals surface area contributed by atoms with E-state index < -0.39 is 0 Å². The van der Waals surface area contributed by atoms with Crippen LogP contribution in [0.2, 0.25) is 0 Å². The molecular formula is C13H18FNOS. The van der Waals surface area contributed by atoms with Gasteiger partial charge in [0.1, 0.15) is 5.82 Å². The molecule has 4 heteroatoms. The van der Waals surface area contributed by atoms with Gasteiger partial charge in [0.05, 0.1) is 11.8 Å². The molecule has 0 saturated carbocycles. The van der Waals surface area contributed by atoms with Crippen molar-refractivity contribution in [3.05, 3.63) is 24.0 Å². The Bertz CT molecular complexity index is 366. The molecule has 0 amide bonds. The number of ether oxygens (including phenoxy) is 1. The van der Waals surface area contributed by atoms with Crippen LogP contribution in [-0.4, -0.2) is 18.5 Å². The van der Waals surface area contributed by atoms with Gasteiger partial charge in [0.25, 0.3) is 0 Å². The second-order valence-electron chi connectivity index (χ2n) is 4.31. The predicted molar refractivity (Wildman–Crippen MR) is 69.7 cm³/mol. The van der Waals surface area contributed by atoms with E-state index in [0.717, 1.165) is 30.1 Å². The fraction of sp³-hybridized carbons (Fsp3) is 0.538. The van der Waals surface area contributed by atoms with Gasteiger partial charge >= 0.3 is 0 Å². The summed E-state index contributed by atoms with van der Waals surface area (Å²) < 4.78 is 18.7. The van der Waals surface area contributed by atoms with Gasteiger partial charge in [0.2, 0.25) is 0 Å². The fourth-order valence-electron chi connectivity index (χ4n) is 1.97. The topological polar surface area (TPSA) is 35.2 Å². The minimum absolute atomic E-state index is 0.216. The monoisotopic (exact) mass is 255 g/mol. The maximum atomic E-state index is 13.2. The van der Waals surface area contributed by atoms with Gasteiger partial charge in [-0.2, -0.15) is 0 Å². The van der Waals surface area contributed by atoms with Crippen molar-refractivity contribution in [1.29, 1.82) is 0 Å². The molecule has 1 heterocycles. The summed E-state index contributed by atoms with van der Waals surface area (Å²) in [6.45, 7) is 0.918. The van der Waals surface area contributed by atoms with E-state index in [2.05, 4.69) is 0 Å². The predicted octanol–water partition coefficient (Wildman–Crippen LogP) is 3.46. The standard InChI is InChI=1S/C13H18FNOS/c14-12-9-11(5-6-13(12)15)17-8-2-4-10-3-1-7-16-10/h5-6,9-10H,1-4,7-8,15H2. The number of halogens is 1. The summed E-state index contributed by atoms with van der Waals surface area (Å²) in [6, 6.07) is 5.00. The molecule has 94 valence electrons. The molecule has 0 bridgehead atoms. The van der Waals surface area contributed by atoms with Crippen molar-refractivity contribution in [2.45, 2.75) is 36.7 Å². The largest absolute Gasteiger partial charge is 0.396 e. The number of hydrogen-bond acceptors (Lipinski definition) is 3. The van der Waals surface area contributed by atoms with Gasteiger partial charge in [-0.25, -0.2) is 4.39 Å². The van der Waals surface area contributed by atoms with Crippen molar-refractivity contribution in [1.82, 2.24) is 0 Å². The van der Waals surface area contributed by atoms with E-state index in [-0.39, 0.29) is 11.5 Å². The molecule has 2 nitrogen and oxygen atoms in total. The van der Waals surface area contributed by atoms with Gasteiger partial charge < -0.3 is 10.5 Å². The molecule has 1 saturated heterocycles. The number of nitrogen functional groups attached to an aromatic ring is 1. The summed E-state index contributed by atoms with van der Waals surface area (Å²) in [5.41, 5.74) is 5.64.